The Morgan fingerprint density at radius 2 is 1.10 bits per heavy atom. The van der Waals surface area contributed by atoms with Gasteiger partial charge in [-0.25, -0.2) is 10.0 Å². The molecule has 0 N–H and O–H groups in total. The fourth-order valence-electron chi connectivity index (χ4n) is 9.31. The number of pyridine rings is 1. The third kappa shape index (κ3) is 5.98. The molecule has 0 bridgehead atoms. The molecule has 0 unspecified atom stereocenters. The van der Waals surface area contributed by atoms with E-state index >= 15 is 0 Å². The fraction of sp³-hybridized carbons (Fsp3) is 0.113. The summed E-state index contributed by atoms with van der Waals surface area (Å²) in [5.74, 6) is 0.899. The third-order valence-corrected chi connectivity index (χ3v) is 16.6. The van der Waals surface area contributed by atoms with Gasteiger partial charge in [0.25, 0.3) is 0 Å². The summed E-state index contributed by atoms with van der Waals surface area (Å²) in [7, 11) is -3.03. The van der Waals surface area contributed by atoms with Gasteiger partial charge in [-0.15, -0.1) is 4.94 Å². The highest BCUT2D eigenvalue weighted by Gasteiger charge is 2.43. The molecule has 0 radical (unpaired) electrons. The van der Waals surface area contributed by atoms with Crippen LogP contribution in [0.2, 0.25) is 0 Å². The van der Waals surface area contributed by atoms with Gasteiger partial charge in [0.2, 0.25) is 0 Å². The molecule has 0 saturated carbocycles. The Morgan fingerprint density at radius 3 is 1.81 bits per heavy atom. The van der Waals surface area contributed by atoms with Crippen LogP contribution >= 0.6 is 0 Å². The zero-order chi connectivity index (χ0) is 40.3. The van der Waals surface area contributed by atoms with Crippen LogP contribution in [0.1, 0.15) is 31.9 Å². The molecule has 2 aromatic heterocycles. The van der Waals surface area contributed by atoms with Gasteiger partial charge in [0, 0.05) is 17.0 Å². The maximum Gasteiger partial charge on any atom is 0.179 e. The Labute approximate surface area is 347 Å². The van der Waals surface area contributed by atoms with Gasteiger partial charge in [-0.2, -0.15) is 5.06 Å². The molecule has 6 heteroatoms. The lowest BCUT2D eigenvalue weighted by Crippen LogP contribution is -2.74. The van der Waals surface area contributed by atoms with E-state index in [-0.39, 0.29) is 5.54 Å². The van der Waals surface area contributed by atoms with E-state index in [4.69, 9.17) is 9.92 Å². The van der Waals surface area contributed by atoms with Gasteiger partial charge in [0.15, 0.2) is 8.07 Å². The van der Waals surface area contributed by atoms with Crippen LogP contribution in [0.5, 0.6) is 0 Å². The normalized spacial score (nSPS) is 13.0. The second-order valence-corrected chi connectivity index (χ2v) is 20.4. The summed E-state index contributed by atoms with van der Waals surface area (Å²) in [5.41, 5.74) is 9.99. The lowest BCUT2D eigenvalue weighted by atomic mass is 9.96. The summed E-state index contributed by atoms with van der Waals surface area (Å²) in [5, 5.41) is 11.6. The Balaban J connectivity index is 1.24. The first kappa shape index (κ1) is 36.6. The van der Waals surface area contributed by atoms with Gasteiger partial charge >= 0.3 is 0 Å². The summed E-state index contributed by atoms with van der Waals surface area (Å²) in [6.07, 6.45) is 1.96. The molecule has 9 aromatic rings. The smallest absolute Gasteiger partial charge is 0.179 e. The molecule has 0 fully saturated rings. The Hall–Kier alpha value is -6.73. The van der Waals surface area contributed by atoms with Gasteiger partial charge in [-0.1, -0.05) is 133 Å². The Bertz CT molecular complexity index is 2950. The van der Waals surface area contributed by atoms with Crippen LogP contribution in [0.3, 0.4) is 0 Å². The number of hydrogen-bond donors (Lipinski definition) is 0. The van der Waals surface area contributed by atoms with E-state index in [1.165, 1.54) is 48.2 Å². The molecule has 7 aromatic carbocycles. The van der Waals surface area contributed by atoms with Crippen molar-refractivity contribution < 1.29 is 4.94 Å². The van der Waals surface area contributed by atoms with Crippen molar-refractivity contribution in [2.45, 2.75) is 40.2 Å². The largest absolute Gasteiger partial charge is 0.294 e. The number of para-hydroxylation sites is 3. The van der Waals surface area contributed by atoms with Crippen LogP contribution in [0.25, 0.3) is 38.8 Å². The van der Waals surface area contributed by atoms with Crippen molar-refractivity contribution in [2.24, 2.45) is 0 Å². The van der Waals surface area contributed by atoms with Crippen molar-refractivity contribution in [1.82, 2.24) is 9.55 Å². The molecule has 0 atom stereocenters. The van der Waals surface area contributed by atoms with Gasteiger partial charge in [-0.05, 0) is 126 Å². The molecule has 59 heavy (non-hydrogen) atoms. The van der Waals surface area contributed by atoms with Crippen LogP contribution in [0.15, 0.2) is 188 Å². The predicted octanol–water partition coefficient (Wildman–Crippen LogP) is 10.4. The summed E-state index contributed by atoms with van der Waals surface area (Å²) in [6.45, 7) is 10.9. The summed E-state index contributed by atoms with van der Waals surface area (Å²) in [6, 6.07) is 66.6. The number of fused-ring (bicyclic) bond motifs is 4. The number of anilines is 3. The summed E-state index contributed by atoms with van der Waals surface area (Å²) < 4.78 is 2.37. The molecule has 0 spiro atoms. The van der Waals surface area contributed by atoms with E-state index < -0.39 is 8.07 Å². The van der Waals surface area contributed by atoms with Crippen molar-refractivity contribution in [3.8, 4) is 16.9 Å². The highest BCUT2D eigenvalue weighted by atomic mass is 28.3. The molecule has 0 amide bonds. The minimum absolute atomic E-state index is 0.254. The number of aromatic nitrogens is 2. The summed E-state index contributed by atoms with van der Waals surface area (Å²) in [4.78, 5) is 11.8. The number of rotatable bonds is 7. The molecule has 288 valence electrons. The van der Waals surface area contributed by atoms with Gasteiger partial charge < -0.3 is 0 Å². The summed E-state index contributed by atoms with van der Waals surface area (Å²) >= 11 is 0. The third-order valence-electron chi connectivity index (χ3n) is 11.9. The van der Waals surface area contributed by atoms with Crippen LogP contribution in [-0.2, 0) is 4.94 Å². The lowest BCUT2D eigenvalue weighted by molar-refractivity contribution is 0.0843. The molecule has 0 aliphatic carbocycles. The molecule has 10 rings (SSSR count). The van der Waals surface area contributed by atoms with Gasteiger partial charge in [0.05, 0.1) is 33.6 Å². The SMILES string of the molecule is Cc1cccc(C)c1-c1ccnc(-n2c3ccccc3c3ccc([Si](c4ccccc4)(c4ccccc4)c4cccc(N5ON(C(C)(C)C)c6ccccc65)c4)cc32)c1. The van der Waals surface area contributed by atoms with E-state index in [9.17, 15) is 0 Å². The molecular formula is C53H46N4OSi. The Morgan fingerprint density at radius 1 is 0.508 bits per heavy atom. The first-order chi connectivity index (χ1) is 28.7. The number of hydrogen-bond acceptors (Lipinski definition) is 4. The monoisotopic (exact) mass is 782 g/mol. The second kappa shape index (κ2) is 14.3. The van der Waals surface area contributed by atoms with Crippen molar-refractivity contribution in [2.75, 3.05) is 10.1 Å². The lowest BCUT2D eigenvalue weighted by Gasteiger charge is -2.35. The van der Waals surface area contributed by atoms with Crippen LogP contribution < -0.4 is 30.9 Å². The van der Waals surface area contributed by atoms with Crippen LogP contribution in [0, 0.1) is 13.8 Å². The second-order valence-electron chi connectivity index (χ2n) is 16.6. The quantitative estimate of drug-likeness (QED) is 0.119. The topological polar surface area (TPSA) is 33.5 Å². The van der Waals surface area contributed by atoms with Gasteiger partial charge in [0.1, 0.15) is 5.82 Å². The van der Waals surface area contributed by atoms with Crippen molar-refractivity contribution >= 4 is 67.7 Å². The Kier molecular flexibility index (Phi) is 8.85. The van der Waals surface area contributed by atoms with Crippen LogP contribution in [-0.4, -0.2) is 23.2 Å². The number of hydroxylamine groups is 1. The minimum atomic E-state index is -3.03. The van der Waals surface area contributed by atoms with E-state index in [0.717, 1.165) is 39.5 Å². The highest BCUT2D eigenvalue weighted by molar-refractivity contribution is 7.20. The predicted molar refractivity (Wildman–Crippen MR) is 249 cm³/mol. The zero-order valence-electron chi connectivity index (χ0n) is 34.1. The number of nitrogens with zero attached hydrogens (tertiary/aromatic N) is 4. The highest BCUT2D eigenvalue weighted by Crippen LogP contribution is 2.44. The standard InChI is InChI=1S/C53H46N4OSi/c1-37-18-16-19-38(2)52(37)39-32-33-54-51(34-39)55-47-27-13-12-26-45(47)46-31-30-44(36-50(46)55)59(41-21-8-6-9-22-41,42-23-10-7-11-24-42)43-25-17-20-40(35-43)56-48-28-14-15-29-49(48)57(58-56)53(3,4)5/h6-36H,1-5H3. The maximum absolute atomic E-state index is 6.75. The molecular weight excluding hydrogens is 737 g/mol. The van der Waals surface area contributed by atoms with E-state index in [1.54, 1.807) is 0 Å². The zero-order valence-corrected chi connectivity index (χ0v) is 35.1. The fourth-order valence-corrected chi connectivity index (χ4v) is 14.1. The first-order valence-corrected chi connectivity index (χ1v) is 22.4. The minimum Gasteiger partial charge on any atom is -0.294 e. The van der Waals surface area contributed by atoms with Crippen molar-refractivity contribution in [3.63, 3.8) is 0 Å². The van der Waals surface area contributed by atoms with E-state index in [1.807, 2.05) is 16.3 Å². The average molecular weight is 783 g/mol. The molecule has 3 heterocycles. The molecule has 0 saturated heterocycles. The number of aryl methyl sites for hydroxylation is 2. The van der Waals surface area contributed by atoms with Crippen LogP contribution in [0.4, 0.5) is 17.1 Å². The van der Waals surface area contributed by atoms with E-state index in [0.29, 0.717) is 0 Å². The molecule has 5 nitrogen and oxygen atoms in total. The van der Waals surface area contributed by atoms with Crippen molar-refractivity contribution in [1.29, 1.82) is 0 Å². The maximum atomic E-state index is 6.75. The number of benzene rings is 7. The van der Waals surface area contributed by atoms with E-state index in [2.05, 4.69) is 221 Å². The molecule has 1 aliphatic rings. The first-order valence-electron chi connectivity index (χ1n) is 20.4. The average Bonchev–Trinajstić information content (AvgIpc) is 3.82. The van der Waals surface area contributed by atoms with Gasteiger partial charge in [-0.3, -0.25) is 4.57 Å². The van der Waals surface area contributed by atoms with Crippen molar-refractivity contribution in [3.05, 3.63) is 199 Å². The molecule has 1 aliphatic heterocycles.